The van der Waals surface area contributed by atoms with E-state index in [1.54, 1.807) is 6.07 Å². The second kappa shape index (κ2) is 9.92. The van der Waals surface area contributed by atoms with E-state index in [-0.39, 0.29) is 21.7 Å². The first kappa shape index (κ1) is 22.7. The van der Waals surface area contributed by atoms with E-state index in [0.717, 1.165) is 23.1 Å². The molecule has 0 saturated carbocycles. The van der Waals surface area contributed by atoms with Crippen molar-refractivity contribution < 1.29 is 24.2 Å². The van der Waals surface area contributed by atoms with E-state index in [2.05, 4.69) is 30.9 Å². The maximum atomic E-state index is 12.4. The van der Waals surface area contributed by atoms with Crippen LogP contribution in [0.1, 0.15) is 39.6 Å². The molecule has 0 bridgehead atoms. The van der Waals surface area contributed by atoms with Crippen molar-refractivity contribution in [2.45, 2.75) is 20.8 Å². The van der Waals surface area contributed by atoms with Crippen LogP contribution in [-0.4, -0.2) is 44.6 Å². The molecule has 3 amide bonds. The highest BCUT2D eigenvalue weighted by Gasteiger charge is 2.16. The Bertz CT molecular complexity index is 1140. The number of benzene rings is 1. The van der Waals surface area contributed by atoms with Crippen LogP contribution in [0.4, 0.5) is 21.6 Å². The van der Waals surface area contributed by atoms with Crippen molar-refractivity contribution in [2.75, 3.05) is 22.6 Å². The van der Waals surface area contributed by atoms with Crippen LogP contribution in [0.5, 0.6) is 5.75 Å². The molecule has 32 heavy (non-hydrogen) atoms. The van der Waals surface area contributed by atoms with Gasteiger partial charge in [0.05, 0.1) is 18.5 Å². The molecular formula is C20H22N6O5S. The summed E-state index contributed by atoms with van der Waals surface area (Å²) in [4.78, 5) is 46.1. The van der Waals surface area contributed by atoms with E-state index in [4.69, 9.17) is 9.84 Å². The molecule has 12 heteroatoms. The summed E-state index contributed by atoms with van der Waals surface area (Å²) in [5, 5.41) is 16.8. The van der Waals surface area contributed by atoms with Gasteiger partial charge in [-0.25, -0.2) is 19.6 Å². The summed E-state index contributed by atoms with van der Waals surface area (Å²) in [6.07, 6.45) is 2.45. The number of aryl methyl sites for hydroxylation is 1. The Hall–Kier alpha value is -3.93. The molecule has 168 valence electrons. The molecule has 0 aliphatic heterocycles. The Morgan fingerprint density at radius 3 is 2.69 bits per heavy atom. The Balaban J connectivity index is 1.61. The van der Waals surface area contributed by atoms with Crippen molar-refractivity contribution in [3.63, 3.8) is 0 Å². The van der Waals surface area contributed by atoms with E-state index in [1.807, 2.05) is 32.9 Å². The van der Waals surface area contributed by atoms with Crippen LogP contribution in [0.15, 0.2) is 30.6 Å². The lowest BCUT2D eigenvalue weighted by atomic mass is 10.2. The summed E-state index contributed by atoms with van der Waals surface area (Å²) < 4.78 is 5.79. The Labute approximate surface area is 187 Å². The fourth-order valence-corrected chi connectivity index (χ4v) is 3.17. The minimum Gasteiger partial charge on any atom is -0.491 e. The Morgan fingerprint density at radius 1 is 1.22 bits per heavy atom. The van der Waals surface area contributed by atoms with Gasteiger partial charge in [0.1, 0.15) is 10.6 Å². The number of carbonyl (C=O) groups is 3. The van der Waals surface area contributed by atoms with Gasteiger partial charge in [-0.1, -0.05) is 31.3 Å². The lowest BCUT2D eigenvalue weighted by Crippen LogP contribution is -2.20. The van der Waals surface area contributed by atoms with Crippen LogP contribution < -0.4 is 20.7 Å². The number of hydrogen-bond donors (Lipinski definition) is 5. The molecule has 3 rings (SSSR count). The van der Waals surface area contributed by atoms with Gasteiger partial charge in [0.15, 0.2) is 10.8 Å². The lowest BCUT2D eigenvalue weighted by Gasteiger charge is -2.14. The van der Waals surface area contributed by atoms with Crippen LogP contribution in [-0.2, 0) is 0 Å². The zero-order chi connectivity index (χ0) is 23.3. The number of aromatic amines is 1. The van der Waals surface area contributed by atoms with E-state index >= 15 is 0 Å². The molecule has 0 unspecified atom stereocenters. The first-order valence-electron chi connectivity index (χ1n) is 9.58. The largest absolute Gasteiger partial charge is 0.491 e. The van der Waals surface area contributed by atoms with Crippen molar-refractivity contribution in [3.8, 4) is 5.75 Å². The number of thiazole rings is 1. The van der Waals surface area contributed by atoms with Gasteiger partial charge >= 0.3 is 12.0 Å². The average Bonchev–Trinajstić information content (AvgIpc) is 3.38. The molecule has 11 nitrogen and oxygen atoms in total. The van der Waals surface area contributed by atoms with E-state index in [9.17, 15) is 14.4 Å². The van der Waals surface area contributed by atoms with Gasteiger partial charge in [0.2, 0.25) is 5.95 Å². The average molecular weight is 459 g/mol. The number of rotatable bonds is 8. The van der Waals surface area contributed by atoms with Crippen molar-refractivity contribution in [2.24, 2.45) is 5.92 Å². The monoisotopic (exact) mass is 458 g/mol. The topological polar surface area (TPSA) is 158 Å². The molecule has 0 spiro atoms. The molecule has 5 N–H and O–H groups in total. The standard InChI is InChI=1S/C20H22N6O5S/c1-10(2)9-31-14-6-11(3)4-5-12(14)24-19(30)26-20-22-8-15(32-20)16(27)25-18-21-7-13(23-18)17(28)29/h4-8,10H,9H2,1-3H3,(H,28,29)(H2,21,23,25,27)(H2,22,24,26,30). The molecule has 2 aromatic heterocycles. The molecule has 0 saturated heterocycles. The second-order valence-electron chi connectivity index (χ2n) is 7.21. The summed E-state index contributed by atoms with van der Waals surface area (Å²) in [5.74, 6) is -0.893. The number of carboxylic acids is 1. The van der Waals surface area contributed by atoms with Crippen molar-refractivity contribution >= 4 is 46.0 Å². The zero-order valence-electron chi connectivity index (χ0n) is 17.6. The third-order valence-corrected chi connectivity index (χ3v) is 4.85. The number of H-pyrrole nitrogens is 1. The third-order valence-electron chi connectivity index (χ3n) is 3.94. The third kappa shape index (κ3) is 6.04. The minimum absolute atomic E-state index is 0.0126. The second-order valence-corrected chi connectivity index (χ2v) is 8.24. The first-order valence-corrected chi connectivity index (χ1v) is 10.4. The molecule has 3 aromatic rings. The molecule has 0 radical (unpaired) electrons. The summed E-state index contributed by atoms with van der Waals surface area (Å²) in [7, 11) is 0. The quantitative estimate of drug-likeness (QED) is 0.343. The number of carbonyl (C=O) groups excluding carboxylic acids is 2. The first-order chi connectivity index (χ1) is 15.2. The number of aromatic carboxylic acids is 1. The number of anilines is 3. The molecule has 0 atom stereocenters. The van der Waals surface area contributed by atoms with Gasteiger partial charge in [-0.2, -0.15) is 0 Å². The van der Waals surface area contributed by atoms with Gasteiger partial charge in [-0.05, 0) is 30.5 Å². The van der Waals surface area contributed by atoms with E-state index < -0.39 is 17.9 Å². The highest BCUT2D eigenvalue weighted by molar-refractivity contribution is 7.17. The zero-order valence-corrected chi connectivity index (χ0v) is 18.4. The smallest absolute Gasteiger partial charge is 0.356 e. The molecule has 1 aromatic carbocycles. The number of carboxylic acid groups (broad SMARTS) is 1. The van der Waals surface area contributed by atoms with Crippen LogP contribution in [0.3, 0.4) is 0 Å². The fourth-order valence-electron chi connectivity index (χ4n) is 2.46. The number of aromatic nitrogens is 3. The van der Waals surface area contributed by atoms with Gasteiger partial charge < -0.3 is 20.1 Å². The number of urea groups is 1. The number of nitrogens with one attached hydrogen (secondary N) is 4. The van der Waals surface area contributed by atoms with Crippen LogP contribution in [0.2, 0.25) is 0 Å². The summed E-state index contributed by atoms with van der Waals surface area (Å²) in [5.41, 5.74) is 1.28. The molecular weight excluding hydrogens is 436 g/mol. The molecule has 0 aliphatic carbocycles. The van der Waals surface area contributed by atoms with Gasteiger partial charge in [-0.15, -0.1) is 0 Å². The number of nitrogens with zero attached hydrogens (tertiary/aromatic N) is 2. The molecule has 0 aliphatic rings. The highest BCUT2D eigenvalue weighted by atomic mass is 32.1. The Kier molecular flexibility index (Phi) is 7.05. The number of amides is 3. The van der Waals surface area contributed by atoms with Crippen molar-refractivity contribution in [3.05, 3.63) is 46.7 Å². The van der Waals surface area contributed by atoms with Crippen LogP contribution >= 0.6 is 11.3 Å². The summed E-state index contributed by atoms with van der Waals surface area (Å²) in [6, 6.07) is 4.91. The van der Waals surface area contributed by atoms with Crippen molar-refractivity contribution in [1.29, 1.82) is 0 Å². The Morgan fingerprint density at radius 2 is 2.00 bits per heavy atom. The van der Waals surface area contributed by atoms with Crippen LogP contribution in [0, 0.1) is 12.8 Å². The summed E-state index contributed by atoms with van der Waals surface area (Å²) in [6.45, 7) is 6.50. The SMILES string of the molecule is Cc1ccc(NC(=O)Nc2ncc(C(=O)Nc3nc(C(=O)O)c[nH]3)s2)c(OCC(C)C)c1. The predicted octanol–water partition coefficient (Wildman–Crippen LogP) is 3.80. The lowest BCUT2D eigenvalue weighted by molar-refractivity contribution is 0.0690. The fraction of sp³-hybridized carbons (Fsp3) is 0.250. The van der Waals surface area contributed by atoms with E-state index in [1.165, 1.54) is 6.20 Å². The highest BCUT2D eigenvalue weighted by Crippen LogP contribution is 2.27. The number of imidazole rings is 1. The number of ether oxygens (including phenoxy) is 1. The van der Waals surface area contributed by atoms with Gasteiger partial charge in [-0.3, -0.25) is 15.4 Å². The van der Waals surface area contributed by atoms with Gasteiger partial charge in [0, 0.05) is 6.20 Å². The van der Waals surface area contributed by atoms with Crippen LogP contribution in [0.25, 0.3) is 0 Å². The normalized spacial score (nSPS) is 10.6. The maximum Gasteiger partial charge on any atom is 0.356 e. The summed E-state index contributed by atoms with van der Waals surface area (Å²) >= 11 is 0.949. The van der Waals surface area contributed by atoms with Gasteiger partial charge in [0.25, 0.3) is 5.91 Å². The molecule has 0 fully saturated rings. The number of hydrogen-bond acceptors (Lipinski definition) is 7. The van der Waals surface area contributed by atoms with Crippen molar-refractivity contribution in [1.82, 2.24) is 15.0 Å². The predicted molar refractivity (Wildman–Crippen MR) is 120 cm³/mol. The van der Waals surface area contributed by atoms with E-state index in [0.29, 0.717) is 24.0 Å². The minimum atomic E-state index is -1.22. The molecule has 2 heterocycles. The maximum absolute atomic E-state index is 12.4.